The summed E-state index contributed by atoms with van der Waals surface area (Å²) in [5, 5.41) is 0.402. The molecule has 0 bridgehead atoms. The molecule has 1 aromatic heterocycles. The molecule has 140 valence electrons. The predicted molar refractivity (Wildman–Crippen MR) is 103 cm³/mol. The van der Waals surface area contributed by atoms with Crippen molar-refractivity contribution in [3.8, 4) is 22.5 Å². The summed E-state index contributed by atoms with van der Waals surface area (Å²) in [5.41, 5.74) is 1.32. The number of benzene rings is 3. The van der Waals surface area contributed by atoms with Crippen LogP contribution in [0.2, 0.25) is 0 Å². The number of rotatable bonds is 2. The fourth-order valence-electron chi connectivity index (χ4n) is 3.17. The van der Waals surface area contributed by atoms with Gasteiger partial charge in [0, 0.05) is 5.56 Å². The Balaban J connectivity index is 1.98. The summed E-state index contributed by atoms with van der Waals surface area (Å²) in [6.07, 6.45) is -4.52. The maximum atomic E-state index is 13.5. The van der Waals surface area contributed by atoms with Gasteiger partial charge in [0.2, 0.25) is 0 Å². The predicted octanol–water partition coefficient (Wildman–Crippen LogP) is 5.58. The molecule has 0 spiro atoms. The minimum atomic E-state index is -4.52. The van der Waals surface area contributed by atoms with Gasteiger partial charge in [-0.2, -0.15) is 13.2 Å². The van der Waals surface area contributed by atoms with Crippen LogP contribution >= 0.6 is 0 Å². The van der Waals surface area contributed by atoms with Gasteiger partial charge >= 0.3 is 6.18 Å². The monoisotopic (exact) mass is 380 g/mol. The Morgan fingerprint density at radius 1 is 0.857 bits per heavy atom. The zero-order chi connectivity index (χ0) is 19.9. The van der Waals surface area contributed by atoms with E-state index >= 15 is 0 Å². The van der Waals surface area contributed by atoms with Gasteiger partial charge in [-0.3, -0.25) is 4.79 Å². The van der Waals surface area contributed by atoms with Gasteiger partial charge in [0.15, 0.2) is 0 Å². The molecule has 1 N–H and O–H groups in total. The molecule has 0 fully saturated rings. The van der Waals surface area contributed by atoms with Gasteiger partial charge in [0.05, 0.1) is 16.5 Å². The van der Waals surface area contributed by atoms with Crippen LogP contribution in [-0.2, 0) is 6.18 Å². The van der Waals surface area contributed by atoms with Gasteiger partial charge in [-0.15, -0.1) is 0 Å². The number of aryl methyl sites for hydroxylation is 1. The lowest BCUT2D eigenvalue weighted by molar-refractivity contribution is -0.137. The molecule has 3 nitrogen and oxygen atoms in total. The van der Waals surface area contributed by atoms with Crippen LogP contribution in [0.5, 0.6) is 0 Å². The molecule has 0 radical (unpaired) electrons. The van der Waals surface area contributed by atoms with E-state index in [2.05, 4.69) is 9.97 Å². The van der Waals surface area contributed by atoms with Crippen molar-refractivity contribution >= 4 is 10.9 Å². The molecule has 4 rings (SSSR count). The number of aromatic nitrogens is 2. The zero-order valence-corrected chi connectivity index (χ0v) is 14.8. The van der Waals surface area contributed by atoms with Crippen LogP contribution in [0.4, 0.5) is 13.2 Å². The number of halogens is 3. The van der Waals surface area contributed by atoms with Crippen molar-refractivity contribution in [1.82, 2.24) is 9.97 Å². The summed E-state index contributed by atoms with van der Waals surface area (Å²) in [6, 6.07) is 17.7. The van der Waals surface area contributed by atoms with Crippen molar-refractivity contribution < 1.29 is 13.2 Å². The fourth-order valence-corrected chi connectivity index (χ4v) is 3.17. The van der Waals surface area contributed by atoms with Crippen LogP contribution in [0, 0.1) is 6.92 Å². The first-order valence-corrected chi connectivity index (χ1v) is 8.61. The molecule has 0 unspecified atom stereocenters. The minimum absolute atomic E-state index is 0.107. The highest BCUT2D eigenvalue weighted by atomic mass is 19.4. The van der Waals surface area contributed by atoms with Crippen molar-refractivity contribution in [1.29, 1.82) is 0 Å². The highest BCUT2D eigenvalue weighted by Gasteiger charge is 2.31. The fraction of sp³-hybridized carbons (Fsp3) is 0.0909. The standard InChI is InChI=1S/C22H15F3N2O/c1-13-6-5-9-18-19(13)26-20(27-21(18)28)16-10-15(14-7-3-2-4-8-14)11-17(12-16)22(23,24)25/h2-12H,1H3,(H,26,27,28). The molecule has 4 aromatic rings. The number of nitrogens with zero attached hydrogens (tertiary/aromatic N) is 1. The third kappa shape index (κ3) is 3.29. The van der Waals surface area contributed by atoms with E-state index in [9.17, 15) is 18.0 Å². The van der Waals surface area contributed by atoms with Crippen molar-refractivity contribution in [2.24, 2.45) is 0 Å². The third-order valence-corrected chi connectivity index (χ3v) is 4.58. The van der Waals surface area contributed by atoms with Gasteiger partial charge in [-0.25, -0.2) is 4.98 Å². The van der Waals surface area contributed by atoms with E-state index in [0.717, 1.165) is 17.7 Å². The van der Waals surface area contributed by atoms with E-state index in [0.29, 0.717) is 22.0 Å². The first-order chi connectivity index (χ1) is 13.3. The first kappa shape index (κ1) is 18.0. The van der Waals surface area contributed by atoms with Crippen LogP contribution in [0.25, 0.3) is 33.4 Å². The largest absolute Gasteiger partial charge is 0.416 e. The highest BCUT2D eigenvalue weighted by molar-refractivity contribution is 5.83. The summed E-state index contributed by atoms with van der Waals surface area (Å²) >= 11 is 0. The molecule has 6 heteroatoms. The van der Waals surface area contributed by atoms with Crippen molar-refractivity contribution in [2.45, 2.75) is 13.1 Å². The quantitative estimate of drug-likeness (QED) is 0.493. The lowest BCUT2D eigenvalue weighted by Gasteiger charge is -2.13. The van der Waals surface area contributed by atoms with E-state index in [1.807, 2.05) is 0 Å². The number of alkyl halides is 3. The van der Waals surface area contributed by atoms with Crippen LogP contribution < -0.4 is 5.56 Å². The van der Waals surface area contributed by atoms with Gasteiger partial charge in [-0.05, 0) is 47.9 Å². The molecule has 0 aliphatic heterocycles. The van der Waals surface area contributed by atoms with Gasteiger partial charge in [0.25, 0.3) is 5.56 Å². The molecule has 0 saturated heterocycles. The summed E-state index contributed by atoms with van der Waals surface area (Å²) in [7, 11) is 0. The number of para-hydroxylation sites is 1. The van der Waals surface area contributed by atoms with E-state index < -0.39 is 11.7 Å². The molecular weight excluding hydrogens is 365 g/mol. The summed E-state index contributed by atoms with van der Waals surface area (Å²) < 4.78 is 40.5. The topological polar surface area (TPSA) is 45.8 Å². The van der Waals surface area contributed by atoms with Crippen molar-refractivity contribution in [3.63, 3.8) is 0 Å². The molecule has 0 atom stereocenters. The van der Waals surface area contributed by atoms with E-state index in [-0.39, 0.29) is 16.9 Å². The number of aromatic amines is 1. The van der Waals surface area contributed by atoms with Crippen LogP contribution in [0.15, 0.2) is 71.5 Å². The maximum absolute atomic E-state index is 13.5. The Morgan fingerprint density at radius 3 is 2.29 bits per heavy atom. The average Bonchev–Trinajstić information content (AvgIpc) is 2.68. The smallest absolute Gasteiger partial charge is 0.306 e. The third-order valence-electron chi connectivity index (χ3n) is 4.58. The lowest BCUT2D eigenvalue weighted by Crippen LogP contribution is -2.11. The van der Waals surface area contributed by atoms with Crippen molar-refractivity contribution in [2.75, 3.05) is 0 Å². The van der Waals surface area contributed by atoms with Crippen LogP contribution in [0.1, 0.15) is 11.1 Å². The number of hydrogen-bond donors (Lipinski definition) is 1. The van der Waals surface area contributed by atoms with Crippen LogP contribution in [-0.4, -0.2) is 9.97 Å². The lowest BCUT2D eigenvalue weighted by atomic mass is 9.99. The second-order valence-electron chi connectivity index (χ2n) is 6.55. The summed E-state index contributed by atoms with van der Waals surface area (Å²) in [6.45, 7) is 1.81. The number of H-pyrrole nitrogens is 1. The normalized spacial score (nSPS) is 11.7. The number of nitrogens with one attached hydrogen (secondary N) is 1. The first-order valence-electron chi connectivity index (χ1n) is 8.61. The zero-order valence-electron chi connectivity index (χ0n) is 14.8. The summed E-state index contributed by atoms with van der Waals surface area (Å²) in [4.78, 5) is 19.5. The molecule has 0 aliphatic carbocycles. The Bertz CT molecular complexity index is 1230. The van der Waals surface area contributed by atoms with E-state index in [1.54, 1.807) is 61.5 Å². The Kier molecular flexibility index (Phi) is 4.26. The molecule has 3 aromatic carbocycles. The molecule has 1 heterocycles. The molecule has 28 heavy (non-hydrogen) atoms. The Labute approximate surface area is 158 Å². The highest BCUT2D eigenvalue weighted by Crippen LogP contribution is 2.35. The molecule has 0 amide bonds. The van der Waals surface area contributed by atoms with Crippen molar-refractivity contribution in [3.05, 3.63) is 88.2 Å². The van der Waals surface area contributed by atoms with Crippen LogP contribution in [0.3, 0.4) is 0 Å². The van der Waals surface area contributed by atoms with Gasteiger partial charge < -0.3 is 4.98 Å². The SMILES string of the molecule is Cc1cccc2c(=O)[nH]c(-c3cc(-c4ccccc4)cc(C(F)(F)F)c3)nc12. The average molecular weight is 380 g/mol. The summed E-state index contributed by atoms with van der Waals surface area (Å²) in [5.74, 6) is 0.107. The van der Waals surface area contributed by atoms with Gasteiger partial charge in [0.1, 0.15) is 5.82 Å². The van der Waals surface area contributed by atoms with E-state index in [4.69, 9.17) is 0 Å². The number of fused-ring (bicyclic) bond motifs is 1. The Morgan fingerprint density at radius 2 is 1.57 bits per heavy atom. The molecule has 0 saturated carbocycles. The second kappa shape index (κ2) is 6.64. The minimum Gasteiger partial charge on any atom is -0.306 e. The van der Waals surface area contributed by atoms with E-state index in [1.165, 1.54) is 0 Å². The number of hydrogen-bond acceptors (Lipinski definition) is 2. The molecule has 0 aliphatic rings. The maximum Gasteiger partial charge on any atom is 0.416 e. The second-order valence-corrected chi connectivity index (χ2v) is 6.55. The molecular formula is C22H15F3N2O. The Hall–Kier alpha value is -3.41. The van der Waals surface area contributed by atoms with Gasteiger partial charge in [-0.1, -0.05) is 42.5 Å².